The molecule has 0 saturated carbocycles. The van der Waals surface area contributed by atoms with Gasteiger partial charge in [0.05, 0.1) is 10.6 Å². The number of nitrogens with zero attached hydrogens (tertiary/aromatic N) is 1. The summed E-state index contributed by atoms with van der Waals surface area (Å²) in [4.78, 5) is 0. The van der Waals surface area contributed by atoms with Crippen LogP contribution in [0.5, 0.6) is 0 Å². The Hall–Kier alpha value is -2.24. The maximum Gasteiger partial charge on any atom is 0.101 e. The standard InChI is InChI=1S/C16H13ClN2/c17-16-11-15(9-8-14(16)12-18)19-10-4-7-13-5-2-1-3-6-13/h1-9,11,19H,10H2. The third kappa shape index (κ3) is 3.87. The lowest BCUT2D eigenvalue weighted by molar-refractivity contribution is 1.34. The first kappa shape index (κ1) is 13.2. The highest BCUT2D eigenvalue weighted by Crippen LogP contribution is 2.19. The van der Waals surface area contributed by atoms with Crippen molar-refractivity contribution in [3.05, 3.63) is 70.8 Å². The monoisotopic (exact) mass is 268 g/mol. The number of hydrogen-bond donors (Lipinski definition) is 1. The van der Waals surface area contributed by atoms with Gasteiger partial charge in [-0.15, -0.1) is 0 Å². The first-order valence-electron chi connectivity index (χ1n) is 5.95. The van der Waals surface area contributed by atoms with Crippen LogP contribution in [0, 0.1) is 11.3 Å². The van der Waals surface area contributed by atoms with Crippen LogP contribution in [0.15, 0.2) is 54.6 Å². The summed E-state index contributed by atoms with van der Waals surface area (Å²) in [5, 5.41) is 12.5. The lowest BCUT2D eigenvalue weighted by atomic mass is 10.2. The highest BCUT2D eigenvalue weighted by Gasteiger charge is 1.99. The van der Waals surface area contributed by atoms with Gasteiger partial charge in [0.25, 0.3) is 0 Å². The van der Waals surface area contributed by atoms with Crippen LogP contribution in [0.25, 0.3) is 6.08 Å². The van der Waals surface area contributed by atoms with Crippen molar-refractivity contribution < 1.29 is 0 Å². The molecule has 2 rings (SSSR count). The van der Waals surface area contributed by atoms with Crippen LogP contribution in [-0.4, -0.2) is 6.54 Å². The Balaban J connectivity index is 1.91. The summed E-state index contributed by atoms with van der Waals surface area (Å²) in [7, 11) is 0. The van der Waals surface area contributed by atoms with Gasteiger partial charge < -0.3 is 5.32 Å². The Morgan fingerprint density at radius 3 is 2.63 bits per heavy atom. The molecule has 0 spiro atoms. The zero-order valence-electron chi connectivity index (χ0n) is 10.3. The summed E-state index contributed by atoms with van der Waals surface area (Å²) in [6.07, 6.45) is 4.10. The summed E-state index contributed by atoms with van der Waals surface area (Å²) in [5.41, 5.74) is 2.57. The molecule has 0 aliphatic rings. The summed E-state index contributed by atoms with van der Waals surface area (Å²) >= 11 is 5.96. The van der Waals surface area contributed by atoms with E-state index >= 15 is 0 Å². The molecular weight excluding hydrogens is 256 g/mol. The van der Waals surface area contributed by atoms with E-state index in [1.807, 2.05) is 36.4 Å². The maximum absolute atomic E-state index is 8.78. The minimum atomic E-state index is 0.472. The Morgan fingerprint density at radius 1 is 1.16 bits per heavy atom. The van der Waals surface area contributed by atoms with E-state index in [9.17, 15) is 0 Å². The normalized spacial score (nSPS) is 10.3. The highest BCUT2D eigenvalue weighted by molar-refractivity contribution is 6.32. The Bertz CT molecular complexity index is 612. The summed E-state index contributed by atoms with van der Waals surface area (Å²) in [6.45, 7) is 0.705. The van der Waals surface area contributed by atoms with Gasteiger partial charge in [-0.1, -0.05) is 54.1 Å². The number of hydrogen-bond acceptors (Lipinski definition) is 2. The second-order valence-corrected chi connectivity index (χ2v) is 4.41. The number of benzene rings is 2. The lowest BCUT2D eigenvalue weighted by Crippen LogP contribution is -1.98. The van der Waals surface area contributed by atoms with Gasteiger partial charge in [0, 0.05) is 12.2 Å². The summed E-state index contributed by atoms with van der Waals surface area (Å²) < 4.78 is 0. The van der Waals surface area contributed by atoms with Crippen LogP contribution in [0.2, 0.25) is 5.02 Å². The van der Waals surface area contributed by atoms with E-state index in [2.05, 4.69) is 23.5 Å². The van der Waals surface area contributed by atoms with Crippen LogP contribution in [-0.2, 0) is 0 Å². The fourth-order valence-electron chi connectivity index (χ4n) is 1.65. The molecule has 2 nitrogen and oxygen atoms in total. The molecular formula is C16H13ClN2. The van der Waals surface area contributed by atoms with E-state index in [0.29, 0.717) is 17.1 Å². The summed E-state index contributed by atoms with van der Waals surface area (Å²) in [6, 6.07) is 17.5. The minimum Gasteiger partial charge on any atom is -0.382 e. The molecule has 0 radical (unpaired) electrons. The van der Waals surface area contributed by atoms with E-state index in [-0.39, 0.29) is 0 Å². The Kier molecular flexibility index (Phi) is 4.60. The molecule has 0 aromatic heterocycles. The molecule has 0 aliphatic carbocycles. The molecule has 19 heavy (non-hydrogen) atoms. The van der Waals surface area contributed by atoms with E-state index in [1.165, 1.54) is 5.56 Å². The first-order valence-corrected chi connectivity index (χ1v) is 6.32. The molecule has 3 heteroatoms. The highest BCUT2D eigenvalue weighted by atomic mass is 35.5. The van der Waals surface area contributed by atoms with Crippen LogP contribution >= 0.6 is 11.6 Å². The predicted molar refractivity (Wildman–Crippen MR) is 80.1 cm³/mol. The van der Waals surface area contributed by atoms with Gasteiger partial charge in [-0.05, 0) is 23.8 Å². The zero-order valence-corrected chi connectivity index (χ0v) is 11.1. The number of anilines is 1. The average Bonchev–Trinajstić information content (AvgIpc) is 2.45. The van der Waals surface area contributed by atoms with Crippen molar-refractivity contribution in [2.45, 2.75) is 0 Å². The fourth-order valence-corrected chi connectivity index (χ4v) is 1.87. The maximum atomic E-state index is 8.78. The number of nitrogens with one attached hydrogen (secondary N) is 1. The molecule has 0 fully saturated rings. The second-order valence-electron chi connectivity index (χ2n) is 4.00. The molecule has 0 atom stereocenters. The molecule has 0 aliphatic heterocycles. The van der Waals surface area contributed by atoms with Gasteiger partial charge in [-0.2, -0.15) is 5.26 Å². The topological polar surface area (TPSA) is 35.8 Å². The zero-order chi connectivity index (χ0) is 13.5. The third-order valence-corrected chi connectivity index (χ3v) is 2.94. The van der Waals surface area contributed by atoms with Crippen molar-refractivity contribution in [1.29, 1.82) is 5.26 Å². The van der Waals surface area contributed by atoms with Crippen LogP contribution in [0.3, 0.4) is 0 Å². The largest absolute Gasteiger partial charge is 0.382 e. The van der Waals surface area contributed by atoms with Crippen molar-refractivity contribution in [2.24, 2.45) is 0 Å². The number of halogens is 1. The molecule has 2 aromatic carbocycles. The molecule has 0 unspecified atom stereocenters. The molecule has 0 heterocycles. The summed E-state index contributed by atoms with van der Waals surface area (Å²) in [5.74, 6) is 0. The van der Waals surface area contributed by atoms with Gasteiger partial charge in [0.2, 0.25) is 0 Å². The van der Waals surface area contributed by atoms with Gasteiger partial charge in [-0.3, -0.25) is 0 Å². The van der Waals surface area contributed by atoms with Crippen molar-refractivity contribution in [2.75, 3.05) is 11.9 Å². The van der Waals surface area contributed by atoms with Crippen LogP contribution in [0.1, 0.15) is 11.1 Å². The van der Waals surface area contributed by atoms with E-state index in [1.54, 1.807) is 12.1 Å². The number of nitriles is 1. The smallest absolute Gasteiger partial charge is 0.101 e. The lowest BCUT2D eigenvalue weighted by Gasteiger charge is -2.04. The first-order chi connectivity index (χ1) is 9.29. The Morgan fingerprint density at radius 2 is 1.95 bits per heavy atom. The average molecular weight is 269 g/mol. The quantitative estimate of drug-likeness (QED) is 0.895. The van der Waals surface area contributed by atoms with Gasteiger partial charge in [-0.25, -0.2) is 0 Å². The van der Waals surface area contributed by atoms with Crippen molar-refractivity contribution in [3.63, 3.8) is 0 Å². The van der Waals surface area contributed by atoms with Gasteiger partial charge >= 0.3 is 0 Å². The Labute approximate surface area is 118 Å². The molecule has 0 amide bonds. The molecule has 94 valence electrons. The van der Waals surface area contributed by atoms with Gasteiger partial charge in [0.1, 0.15) is 6.07 Å². The fraction of sp³-hybridized carbons (Fsp3) is 0.0625. The van der Waals surface area contributed by atoms with Crippen molar-refractivity contribution >= 4 is 23.4 Å². The minimum absolute atomic E-state index is 0.472. The molecule has 2 aromatic rings. The van der Waals surface area contributed by atoms with Gasteiger partial charge in [0.15, 0.2) is 0 Å². The molecule has 0 saturated heterocycles. The van der Waals surface area contributed by atoms with Crippen LogP contribution in [0.4, 0.5) is 5.69 Å². The van der Waals surface area contributed by atoms with E-state index in [4.69, 9.17) is 16.9 Å². The SMILES string of the molecule is N#Cc1ccc(NCC=Cc2ccccc2)cc1Cl. The number of rotatable bonds is 4. The van der Waals surface area contributed by atoms with E-state index < -0.39 is 0 Å². The second kappa shape index (κ2) is 6.63. The van der Waals surface area contributed by atoms with Crippen LogP contribution < -0.4 is 5.32 Å². The van der Waals surface area contributed by atoms with E-state index in [0.717, 1.165) is 5.69 Å². The molecule has 1 N–H and O–H groups in total. The third-order valence-electron chi connectivity index (χ3n) is 2.62. The molecule has 0 bridgehead atoms. The predicted octanol–water partition coefficient (Wildman–Crippen LogP) is 4.34. The van der Waals surface area contributed by atoms with Crippen molar-refractivity contribution in [3.8, 4) is 6.07 Å². The van der Waals surface area contributed by atoms with Crippen molar-refractivity contribution in [1.82, 2.24) is 0 Å².